The molecule has 1 N–H and O–H groups in total. The lowest BCUT2D eigenvalue weighted by Crippen LogP contribution is -2.31. The van der Waals surface area contributed by atoms with Crippen molar-refractivity contribution in [1.82, 2.24) is 14.7 Å². The van der Waals surface area contributed by atoms with Gasteiger partial charge in [-0.2, -0.15) is 5.10 Å². The maximum absolute atomic E-state index is 12.3. The monoisotopic (exact) mass is 371 g/mol. The molecule has 0 aliphatic carbocycles. The molecule has 0 amide bonds. The molecule has 1 aromatic carbocycles. The second-order valence-electron chi connectivity index (χ2n) is 6.94. The molecule has 0 unspecified atom stereocenters. The van der Waals surface area contributed by atoms with Crippen LogP contribution in [0.3, 0.4) is 0 Å². The summed E-state index contributed by atoms with van der Waals surface area (Å²) in [6, 6.07) is 6.39. The quantitative estimate of drug-likeness (QED) is 0.777. The molecular weight excluding hydrogens is 346 g/mol. The van der Waals surface area contributed by atoms with Crippen molar-refractivity contribution >= 4 is 5.97 Å². The molecule has 7 nitrogen and oxygen atoms in total. The Morgan fingerprint density at radius 3 is 3.07 bits per heavy atom. The van der Waals surface area contributed by atoms with E-state index in [-0.39, 0.29) is 12.6 Å². The molecule has 3 heterocycles. The molecule has 4 rings (SSSR count). The van der Waals surface area contributed by atoms with Crippen LogP contribution < -0.4 is 4.74 Å². The average molecular weight is 371 g/mol. The molecule has 27 heavy (non-hydrogen) atoms. The molecule has 2 aromatic rings. The molecule has 1 aromatic heterocycles. The summed E-state index contributed by atoms with van der Waals surface area (Å²) in [5.74, 6) is 0.608. The van der Waals surface area contributed by atoms with Gasteiger partial charge in [0, 0.05) is 43.7 Å². The SMILES string of the molecule is CCOC(=O)c1nn(CCO)c2c1CN(Cc1ccc3c(c1)CCO3)CC2. The number of benzene rings is 1. The lowest BCUT2D eigenvalue weighted by molar-refractivity contribution is 0.0515. The fourth-order valence-electron chi connectivity index (χ4n) is 3.92. The van der Waals surface area contributed by atoms with Crippen molar-refractivity contribution < 1.29 is 19.4 Å². The van der Waals surface area contributed by atoms with E-state index >= 15 is 0 Å². The number of rotatable bonds is 6. The Balaban J connectivity index is 1.55. The van der Waals surface area contributed by atoms with E-state index in [9.17, 15) is 9.90 Å². The number of esters is 1. The molecule has 0 spiro atoms. The highest BCUT2D eigenvalue weighted by molar-refractivity contribution is 5.89. The van der Waals surface area contributed by atoms with E-state index < -0.39 is 0 Å². The summed E-state index contributed by atoms with van der Waals surface area (Å²) in [5.41, 5.74) is 4.87. The van der Waals surface area contributed by atoms with E-state index in [1.807, 2.05) is 0 Å². The summed E-state index contributed by atoms with van der Waals surface area (Å²) in [5, 5.41) is 13.7. The fraction of sp³-hybridized carbons (Fsp3) is 0.500. The molecule has 2 aliphatic heterocycles. The Morgan fingerprint density at radius 2 is 2.26 bits per heavy atom. The number of aliphatic hydroxyl groups excluding tert-OH is 1. The van der Waals surface area contributed by atoms with Gasteiger partial charge in [0.05, 0.1) is 26.4 Å². The highest BCUT2D eigenvalue weighted by Crippen LogP contribution is 2.28. The standard InChI is InChI=1S/C20H25N3O4/c1-2-26-20(25)19-16-13-22(7-5-17(16)23(21-19)8-9-24)12-14-3-4-18-15(11-14)6-10-27-18/h3-4,11,24H,2,5-10,12-13H2,1H3. The van der Waals surface area contributed by atoms with Crippen LogP contribution in [0.5, 0.6) is 5.75 Å². The summed E-state index contributed by atoms with van der Waals surface area (Å²) in [6.45, 7) is 5.63. The van der Waals surface area contributed by atoms with Gasteiger partial charge in [-0.3, -0.25) is 9.58 Å². The smallest absolute Gasteiger partial charge is 0.359 e. The topological polar surface area (TPSA) is 76.8 Å². The van der Waals surface area contributed by atoms with Crippen LogP contribution in [0.25, 0.3) is 0 Å². The lowest BCUT2D eigenvalue weighted by Gasteiger charge is -2.27. The van der Waals surface area contributed by atoms with E-state index in [2.05, 4.69) is 28.2 Å². The van der Waals surface area contributed by atoms with Crippen LogP contribution in [-0.4, -0.2) is 52.1 Å². The number of fused-ring (bicyclic) bond motifs is 2. The van der Waals surface area contributed by atoms with Crippen molar-refractivity contribution in [3.63, 3.8) is 0 Å². The molecule has 144 valence electrons. The fourth-order valence-corrected chi connectivity index (χ4v) is 3.92. The summed E-state index contributed by atoms with van der Waals surface area (Å²) >= 11 is 0. The summed E-state index contributed by atoms with van der Waals surface area (Å²) < 4.78 is 12.5. The number of hydrogen-bond acceptors (Lipinski definition) is 6. The molecule has 2 aliphatic rings. The van der Waals surface area contributed by atoms with Crippen molar-refractivity contribution in [1.29, 1.82) is 0 Å². The third kappa shape index (κ3) is 3.57. The minimum Gasteiger partial charge on any atom is -0.493 e. The first kappa shape index (κ1) is 18.0. The molecule has 0 radical (unpaired) electrons. The van der Waals surface area contributed by atoms with Gasteiger partial charge < -0.3 is 14.6 Å². The van der Waals surface area contributed by atoms with Gasteiger partial charge in [0.1, 0.15) is 5.75 Å². The number of nitrogens with zero attached hydrogens (tertiary/aromatic N) is 3. The molecule has 0 bridgehead atoms. The van der Waals surface area contributed by atoms with E-state index in [4.69, 9.17) is 9.47 Å². The molecular formula is C20H25N3O4. The normalized spacial score (nSPS) is 15.9. The lowest BCUT2D eigenvalue weighted by atomic mass is 10.0. The zero-order chi connectivity index (χ0) is 18.8. The third-order valence-electron chi connectivity index (χ3n) is 5.15. The van der Waals surface area contributed by atoms with Crippen molar-refractivity contribution in [2.24, 2.45) is 0 Å². The average Bonchev–Trinajstić information content (AvgIpc) is 3.26. The van der Waals surface area contributed by atoms with Crippen molar-refractivity contribution in [2.45, 2.75) is 39.4 Å². The molecule has 0 saturated heterocycles. The number of carbonyl (C=O) groups excluding carboxylic acids is 1. The highest BCUT2D eigenvalue weighted by atomic mass is 16.5. The van der Waals surface area contributed by atoms with Gasteiger partial charge in [-0.15, -0.1) is 0 Å². The molecule has 0 atom stereocenters. The predicted octanol–water partition coefficient (Wildman–Crippen LogP) is 1.55. The number of aliphatic hydroxyl groups is 1. The maximum atomic E-state index is 12.3. The number of ether oxygens (including phenoxy) is 2. The largest absolute Gasteiger partial charge is 0.493 e. The van der Waals surface area contributed by atoms with Gasteiger partial charge in [-0.25, -0.2) is 4.79 Å². The van der Waals surface area contributed by atoms with Gasteiger partial charge in [-0.1, -0.05) is 12.1 Å². The first-order valence-corrected chi connectivity index (χ1v) is 9.53. The summed E-state index contributed by atoms with van der Waals surface area (Å²) in [7, 11) is 0. The zero-order valence-electron chi connectivity index (χ0n) is 15.6. The van der Waals surface area contributed by atoms with Crippen molar-refractivity contribution in [3.05, 3.63) is 46.3 Å². The first-order chi connectivity index (χ1) is 13.2. The number of carbonyl (C=O) groups is 1. The van der Waals surface area contributed by atoms with Gasteiger partial charge in [0.15, 0.2) is 5.69 Å². The van der Waals surface area contributed by atoms with Gasteiger partial charge >= 0.3 is 5.97 Å². The predicted molar refractivity (Wildman–Crippen MR) is 98.7 cm³/mol. The number of aromatic nitrogens is 2. The van der Waals surface area contributed by atoms with Gasteiger partial charge in [-0.05, 0) is 24.1 Å². The van der Waals surface area contributed by atoms with Crippen LogP contribution in [0.1, 0.15) is 39.8 Å². The van der Waals surface area contributed by atoms with Crippen LogP contribution >= 0.6 is 0 Å². The molecule has 0 fully saturated rings. The first-order valence-electron chi connectivity index (χ1n) is 9.53. The Bertz CT molecular complexity index is 846. The van der Waals surface area contributed by atoms with Gasteiger partial charge in [0.25, 0.3) is 0 Å². The molecule has 0 saturated carbocycles. The Hall–Kier alpha value is -2.38. The van der Waals surface area contributed by atoms with E-state index in [0.717, 1.165) is 49.5 Å². The minimum atomic E-state index is -0.387. The van der Waals surface area contributed by atoms with Crippen LogP contribution in [0, 0.1) is 0 Å². The van der Waals surface area contributed by atoms with Gasteiger partial charge in [0.2, 0.25) is 0 Å². The van der Waals surface area contributed by atoms with E-state index in [1.165, 1.54) is 11.1 Å². The van der Waals surface area contributed by atoms with Crippen LogP contribution in [0.4, 0.5) is 0 Å². The number of hydrogen-bond donors (Lipinski definition) is 1. The minimum absolute atomic E-state index is 0.00268. The Labute approximate surface area is 158 Å². The maximum Gasteiger partial charge on any atom is 0.359 e. The second kappa shape index (κ2) is 7.70. The van der Waals surface area contributed by atoms with E-state index in [0.29, 0.717) is 25.4 Å². The second-order valence-corrected chi connectivity index (χ2v) is 6.94. The van der Waals surface area contributed by atoms with E-state index in [1.54, 1.807) is 11.6 Å². The van der Waals surface area contributed by atoms with Crippen LogP contribution in [0.2, 0.25) is 0 Å². The van der Waals surface area contributed by atoms with Crippen LogP contribution in [-0.2, 0) is 37.2 Å². The Morgan fingerprint density at radius 1 is 1.37 bits per heavy atom. The van der Waals surface area contributed by atoms with Crippen LogP contribution in [0.15, 0.2) is 18.2 Å². The highest BCUT2D eigenvalue weighted by Gasteiger charge is 2.29. The van der Waals surface area contributed by atoms with Crippen molar-refractivity contribution in [3.8, 4) is 5.75 Å². The molecule has 7 heteroatoms. The zero-order valence-corrected chi connectivity index (χ0v) is 15.6. The van der Waals surface area contributed by atoms with Crippen molar-refractivity contribution in [2.75, 3.05) is 26.4 Å². The summed E-state index contributed by atoms with van der Waals surface area (Å²) in [6.07, 6.45) is 1.77. The Kier molecular flexibility index (Phi) is 5.13. The third-order valence-corrected chi connectivity index (χ3v) is 5.15. The summed E-state index contributed by atoms with van der Waals surface area (Å²) in [4.78, 5) is 14.7.